The number of para-hydroxylation sites is 1. The van der Waals surface area contributed by atoms with Crippen molar-refractivity contribution in [2.24, 2.45) is 0 Å². The molecule has 2 heterocycles. The number of carbonyl (C=O) groups excluding carboxylic acids is 2. The fourth-order valence-electron chi connectivity index (χ4n) is 2.77. The van der Waals surface area contributed by atoms with Crippen molar-refractivity contribution in [3.05, 3.63) is 35.4 Å². The van der Waals surface area contributed by atoms with Crippen molar-refractivity contribution in [2.45, 2.75) is 19.3 Å². The van der Waals surface area contributed by atoms with E-state index in [1.165, 1.54) is 0 Å². The number of likely N-dealkylation sites (tertiary alicyclic amines) is 1. The zero-order chi connectivity index (χ0) is 15.4. The molecule has 2 aliphatic heterocycles. The minimum atomic E-state index is -0.0951. The summed E-state index contributed by atoms with van der Waals surface area (Å²) in [5.74, 6) is 0.945. The van der Waals surface area contributed by atoms with Crippen LogP contribution in [0.1, 0.15) is 24.8 Å². The average Bonchev–Trinajstić information content (AvgIpc) is 2.96. The molecule has 1 N–H and O–H groups in total. The molecule has 0 unspecified atom stereocenters. The lowest BCUT2D eigenvalue weighted by molar-refractivity contribution is -0.127. The summed E-state index contributed by atoms with van der Waals surface area (Å²) in [5, 5.41) is 2.90. The number of amides is 2. The smallest absolute Gasteiger partial charge is 0.250 e. The Morgan fingerprint density at radius 2 is 2.18 bits per heavy atom. The van der Waals surface area contributed by atoms with Crippen LogP contribution in [0.3, 0.4) is 0 Å². The Hall–Kier alpha value is -2.30. The first-order chi connectivity index (χ1) is 10.7. The molecule has 1 aromatic carbocycles. The molecule has 5 nitrogen and oxygen atoms in total. The quantitative estimate of drug-likeness (QED) is 0.840. The maximum atomic E-state index is 12.1. The number of nitrogens with one attached hydrogen (secondary N) is 1. The topological polar surface area (TPSA) is 58.6 Å². The van der Waals surface area contributed by atoms with Gasteiger partial charge in [0.15, 0.2) is 0 Å². The van der Waals surface area contributed by atoms with Gasteiger partial charge in [0.25, 0.3) is 5.91 Å². The molecular formula is C17H20N2O3. The zero-order valence-corrected chi connectivity index (χ0v) is 12.5. The summed E-state index contributed by atoms with van der Waals surface area (Å²) in [4.78, 5) is 25.5. The molecule has 1 saturated heterocycles. The third kappa shape index (κ3) is 3.30. The number of nitrogens with zero attached hydrogens (tertiary/aromatic N) is 1. The van der Waals surface area contributed by atoms with Crippen molar-refractivity contribution in [1.82, 2.24) is 10.2 Å². The van der Waals surface area contributed by atoms with Crippen molar-refractivity contribution in [2.75, 3.05) is 26.2 Å². The number of ether oxygens (including phenoxy) is 1. The number of hydrogen-bond acceptors (Lipinski definition) is 3. The third-order valence-corrected chi connectivity index (χ3v) is 3.99. The van der Waals surface area contributed by atoms with Gasteiger partial charge in [0.2, 0.25) is 5.91 Å². The van der Waals surface area contributed by atoms with E-state index in [4.69, 9.17) is 4.74 Å². The van der Waals surface area contributed by atoms with E-state index in [0.717, 1.165) is 37.2 Å². The highest BCUT2D eigenvalue weighted by Gasteiger charge is 2.20. The summed E-state index contributed by atoms with van der Waals surface area (Å²) in [6.45, 7) is 2.44. The van der Waals surface area contributed by atoms with Gasteiger partial charge in [-0.05, 0) is 25.0 Å². The number of carbonyl (C=O) groups is 2. The number of benzene rings is 1. The summed E-state index contributed by atoms with van der Waals surface area (Å²) in [6.07, 6.45) is 4.27. The minimum Gasteiger partial charge on any atom is -0.488 e. The molecule has 22 heavy (non-hydrogen) atoms. The lowest BCUT2D eigenvalue weighted by Crippen LogP contribution is -2.32. The zero-order valence-electron chi connectivity index (χ0n) is 12.5. The monoisotopic (exact) mass is 300 g/mol. The minimum absolute atomic E-state index is 0.0951. The molecule has 0 atom stereocenters. The summed E-state index contributed by atoms with van der Waals surface area (Å²) >= 11 is 0. The average molecular weight is 300 g/mol. The van der Waals surface area contributed by atoms with Crippen molar-refractivity contribution in [1.29, 1.82) is 0 Å². The standard InChI is InChI=1S/C17H20N2O3/c20-16-7-3-9-19(16)10-4-8-18-17(21)14-11-13-5-1-2-6-15(13)22-12-14/h1-2,5-6,11H,3-4,7-10,12H2,(H,18,21). The molecule has 5 heteroatoms. The molecule has 3 rings (SSSR count). The highest BCUT2D eigenvalue weighted by atomic mass is 16.5. The normalized spacial score (nSPS) is 16.8. The van der Waals surface area contributed by atoms with Gasteiger partial charge >= 0.3 is 0 Å². The fourth-order valence-corrected chi connectivity index (χ4v) is 2.77. The van der Waals surface area contributed by atoms with Gasteiger partial charge in [-0.15, -0.1) is 0 Å². The largest absolute Gasteiger partial charge is 0.488 e. The second-order valence-corrected chi connectivity index (χ2v) is 5.59. The van der Waals surface area contributed by atoms with Crippen LogP contribution in [0.5, 0.6) is 5.75 Å². The lowest BCUT2D eigenvalue weighted by atomic mass is 10.1. The van der Waals surface area contributed by atoms with E-state index in [-0.39, 0.29) is 11.8 Å². The second kappa shape index (κ2) is 6.64. The fraction of sp³-hybridized carbons (Fsp3) is 0.412. The maximum absolute atomic E-state index is 12.1. The van der Waals surface area contributed by atoms with E-state index in [1.54, 1.807) is 0 Å². The van der Waals surface area contributed by atoms with Crippen molar-refractivity contribution < 1.29 is 14.3 Å². The SMILES string of the molecule is O=C(NCCCN1CCCC1=O)C1=Cc2ccccc2OC1. The molecule has 2 amide bonds. The Morgan fingerprint density at radius 1 is 1.32 bits per heavy atom. The van der Waals surface area contributed by atoms with Gasteiger partial charge in [0, 0.05) is 31.6 Å². The van der Waals surface area contributed by atoms with Crippen LogP contribution in [0.15, 0.2) is 29.8 Å². The Labute approximate surface area is 129 Å². The van der Waals surface area contributed by atoms with Gasteiger partial charge in [0.1, 0.15) is 12.4 Å². The summed E-state index contributed by atoms with van der Waals surface area (Å²) in [5.41, 5.74) is 1.57. The molecular weight excluding hydrogens is 280 g/mol. The molecule has 0 bridgehead atoms. The predicted octanol–water partition coefficient (Wildman–Crippen LogP) is 1.59. The Morgan fingerprint density at radius 3 is 3.00 bits per heavy atom. The van der Waals surface area contributed by atoms with Gasteiger partial charge < -0.3 is 15.0 Å². The number of rotatable bonds is 5. The van der Waals surface area contributed by atoms with E-state index in [2.05, 4.69) is 5.32 Å². The van der Waals surface area contributed by atoms with Crippen molar-refractivity contribution >= 4 is 17.9 Å². The van der Waals surface area contributed by atoms with Crippen LogP contribution in [0.2, 0.25) is 0 Å². The van der Waals surface area contributed by atoms with E-state index in [1.807, 2.05) is 35.2 Å². The second-order valence-electron chi connectivity index (χ2n) is 5.59. The Balaban J connectivity index is 1.46. The van der Waals surface area contributed by atoms with E-state index < -0.39 is 0 Å². The maximum Gasteiger partial charge on any atom is 0.250 e. The van der Waals surface area contributed by atoms with E-state index >= 15 is 0 Å². The number of hydrogen-bond donors (Lipinski definition) is 1. The summed E-state index contributed by atoms with van der Waals surface area (Å²) < 4.78 is 5.58. The predicted molar refractivity (Wildman–Crippen MR) is 83.4 cm³/mol. The summed E-state index contributed by atoms with van der Waals surface area (Å²) in [6, 6.07) is 7.66. The van der Waals surface area contributed by atoms with Crippen LogP contribution in [-0.2, 0) is 9.59 Å². The van der Waals surface area contributed by atoms with Crippen LogP contribution in [-0.4, -0.2) is 43.0 Å². The molecule has 0 saturated carbocycles. The van der Waals surface area contributed by atoms with Crippen molar-refractivity contribution in [3.63, 3.8) is 0 Å². The molecule has 0 radical (unpaired) electrons. The van der Waals surface area contributed by atoms with Gasteiger partial charge in [-0.2, -0.15) is 0 Å². The molecule has 2 aliphatic rings. The van der Waals surface area contributed by atoms with Crippen LogP contribution in [0.25, 0.3) is 6.08 Å². The third-order valence-electron chi connectivity index (χ3n) is 3.99. The van der Waals surface area contributed by atoms with Crippen LogP contribution in [0, 0.1) is 0 Å². The summed E-state index contributed by atoms with van der Waals surface area (Å²) in [7, 11) is 0. The van der Waals surface area contributed by atoms with Crippen molar-refractivity contribution in [3.8, 4) is 5.75 Å². The Kier molecular flexibility index (Phi) is 4.42. The number of fused-ring (bicyclic) bond motifs is 1. The van der Waals surface area contributed by atoms with Crippen LogP contribution >= 0.6 is 0 Å². The van der Waals surface area contributed by atoms with Crippen LogP contribution < -0.4 is 10.1 Å². The molecule has 116 valence electrons. The molecule has 1 aromatic rings. The molecule has 0 spiro atoms. The van der Waals surface area contributed by atoms with Gasteiger partial charge in [0.05, 0.1) is 5.57 Å². The molecule has 0 aliphatic carbocycles. The first-order valence-electron chi connectivity index (χ1n) is 7.72. The van der Waals surface area contributed by atoms with Gasteiger partial charge in [-0.3, -0.25) is 9.59 Å². The highest BCUT2D eigenvalue weighted by Crippen LogP contribution is 2.25. The lowest BCUT2D eigenvalue weighted by Gasteiger charge is -2.18. The van der Waals surface area contributed by atoms with Gasteiger partial charge in [-0.1, -0.05) is 18.2 Å². The van der Waals surface area contributed by atoms with Gasteiger partial charge in [-0.25, -0.2) is 0 Å². The Bertz CT molecular complexity index is 610. The van der Waals surface area contributed by atoms with Crippen LogP contribution in [0.4, 0.5) is 0 Å². The molecule has 0 aromatic heterocycles. The first-order valence-corrected chi connectivity index (χ1v) is 7.72. The highest BCUT2D eigenvalue weighted by molar-refractivity contribution is 5.99. The first kappa shape index (κ1) is 14.6. The van der Waals surface area contributed by atoms with E-state index in [9.17, 15) is 9.59 Å². The van der Waals surface area contributed by atoms with E-state index in [0.29, 0.717) is 25.1 Å². The molecule has 1 fully saturated rings.